The number of halogens is 1. The van der Waals surface area contributed by atoms with Crippen molar-refractivity contribution >= 4 is 34.2 Å². The molecule has 0 spiro atoms. The molecule has 3 rings (SSSR count). The molecule has 7 heteroatoms. The third-order valence-electron chi connectivity index (χ3n) is 3.53. The fourth-order valence-corrected chi connectivity index (χ4v) is 2.44. The zero-order valence-electron chi connectivity index (χ0n) is 12.8. The summed E-state index contributed by atoms with van der Waals surface area (Å²) in [5.74, 6) is 0.292. The number of fused-ring (bicyclic) bond motifs is 1. The Kier molecular flexibility index (Phi) is 4.86. The van der Waals surface area contributed by atoms with Crippen LogP contribution in [0, 0.1) is 0 Å². The molecule has 0 saturated heterocycles. The molecular formula is C17H15ClN4O2. The Bertz CT molecular complexity index is 922. The van der Waals surface area contributed by atoms with Gasteiger partial charge in [-0.3, -0.25) is 14.2 Å². The summed E-state index contributed by atoms with van der Waals surface area (Å²) in [4.78, 5) is 32.5. The molecule has 0 fully saturated rings. The van der Waals surface area contributed by atoms with Gasteiger partial charge >= 0.3 is 0 Å². The van der Waals surface area contributed by atoms with E-state index in [1.807, 2.05) is 12.1 Å². The van der Waals surface area contributed by atoms with Crippen molar-refractivity contribution in [3.05, 3.63) is 64.3 Å². The molecule has 1 amide bonds. The van der Waals surface area contributed by atoms with E-state index in [0.717, 1.165) is 0 Å². The maximum absolute atomic E-state index is 12.3. The first kappa shape index (κ1) is 16.1. The number of amides is 1. The standard InChI is InChI=1S/C17H15ClN4O2/c18-12-7-8-15(19-10-12)21-16(23)6-3-9-22-11-20-14-5-2-1-4-13(14)17(22)24/h1-2,4-5,7-8,10-11H,3,6,9H2,(H,19,21,23). The van der Waals surface area contributed by atoms with Crippen LogP contribution in [0.4, 0.5) is 5.82 Å². The average Bonchev–Trinajstić information content (AvgIpc) is 2.59. The second-order valence-corrected chi connectivity index (χ2v) is 5.71. The van der Waals surface area contributed by atoms with Gasteiger partial charge < -0.3 is 5.32 Å². The van der Waals surface area contributed by atoms with E-state index in [4.69, 9.17) is 11.6 Å². The predicted octanol–water partition coefficient (Wildman–Crippen LogP) is 2.86. The van der Waals surface area contributed by atoms with E-state index < -0.39 is 0 Å². The fraction of sp³-hybridized carbons (Fsp3) is 0.176. The maximum Gasteiger partial charge on any atom is 0.261 e. The van der Waals surface area contributed by atoms with Crippen LogP contribution in [0.5, 0.6) is 0 Å². The molecule has 0 bridgehead atoms. The van der Waals surface area contributed by atoms with Gasteiger partial charge in [-0.05, 0) is 30.7 Å². The first-order valence-electron chi connectivity index (χ1n) is 7.49. The van der Waals surface area contributed by atoms with Gasteiger partial charge in [0.1, 0.15) is 5.82 Å². The lowest BCUT2D eigenvalue weighted by Crippen LogP contribution is -2.21. The van der Waals surface area contributed by atoms with Gasteiger partial charge in [-0.15, -0.1) is 0 Å². The average molecular weight is 343 g/mol. The molecule has 2 aromatic heterocycles. The number of hydrogen-bond acceptors (Lipinski definition) is 4. The first-order valence-corrected chi connectivity index (χ1v) is 7.87. The summed E-state index contributed by atoms with van der Waals surface area (Å²) in [6.45, 7) is 0.429. The molecule has 0 saturated carbocycles. The zero-order chi connectivity index (χ0) is 16.9. The summed E-state index contributed by atoms with van der Waals surface area (Å²) in [6, 6.07) is 10.5. The van der Waals surface area contributed by atoms with Crippen LogP contribution in [-0.2, 0) is 11.3 Å². The highest BCUT2D eigenvalue weighted by Crippen LogP contribution is 2.10. The van der Waals surface area contributed by atoms with E-state index in [-0.39, 0.29) is 17.9 Å². The van der Waals surface area contributed by atoms with E-state index in [9.17, 15) is 9.59 Å². The van der Waals surface area contributed by atoms with E-state index in [0.29, 0.717) is 34.7 Å². The lowest BCUT2D eigenvalue weighted by atomic mass is 10.2. The molecule has 1 N–H and O–H groups in total. The van der Waals surface area contributed by atoms with Crippen LogP contribution in [-0.4, -0.2) is 20.4 Å². The molecule has 122 valence electrons. The van der Waals surface area contributed by atoms with Crippen molar-refractivity contribution < 1.29 is 4.79 Å². The summed E-state index contributed by atoms with van der Waals surface area (Å²) < 4.78 is 1.52. The minimum absolute atomic E-state index is 0.0969. The predicted molar refractivity (Wildman–Crippen MR) is 93.1 cm³/mol. The summed E-state index contributed by atoms with van der Waals surface area (Å²) in [5, 5.41) is 3.78. The number of aryl methyl sites for hydroxylation is 1. The number of carbonyl (C=O) groups excluding carboxylic acids is 1. The largest absolute Gasteiger partial charge is 0.311 e. The second kappa shape index (κ2) is 7.23. The van der Waals surface area contributed by atoms with Crippen LogP contribution in [0.1, 0.15) is 12.8 Å². The lowest BCUT2D eigenvalue weighted by Gasteiger charge is -2.07. The first-order chi connectivity index (χ1) is 11.6. The number of benzene rings is 1. The van der Waals surface area contributed by atoms with Crippen LogP contribution in [0.25, 0.3) is 10.9 Å². The van der Waals surface area contributed by atoms with Gasteiger partial charge in [0.15, 0.2) is 0 Å². The van der Waals surface area contributed by atoms with Crippen molar-refractivity contribution in [2.45, 2.75) is 19.4 Å². The molecule has 24 heavy (non-hydrogen) atoms. The van der Waals surface area contributed by atoms with E-state index in [1.54, 1.807) is 24.3 Å². The number of carbonyl (C=O) groups is 1. The molecule has 0 aliphatic heterocycles. The Morgan fingerprint density at radius 3 is 2.79 bits per heavy atom. The maximum atomic E-state index is 12.3. The van der Waals surface area contributed by atoms with Gasteiger partial charge in [0.25, 0.3) is 5.56 Å². The number of anilines is 1. The zero-order valence-corrected chi connectivity index (χ0v) is 13.5. The summed E-state index contributed by atoms with van der Waals surface area (Å²) in [6.07, 6.45) is 3.80. The molecule has 6 nitrogen and oxygen atoms in total. The number of nitrogens with one attached hydrogen (secondary N) is 1. The lowest BCUT2D eigenvalue weighted by molar-refractivity contribution is -0.116. The summed E-state index contributed by atoms with van der Waals surface area (Å²) in [7, 11) is 0. The summed E-state index contributed by atoms with van der Waals surface area (Å²) >= 11 is 5.74. The normalized spacial score (nSPS) is 10.7. The molecule has 0 aliphatic carbocycles. The van der Waals surface area contributed by atoms with Gasteiger partial charge in [-0.25, -0.2) is 9.97 Å². The van der Waals surface area contributed by atoms with Gasteiger partial charge in [0, 0.05) is 19.2 Å². The van der Waals surface area contributed by atoms with Crippen LogP contribution in [0.2, 0.25) is 5.02 Å². The van der Waals surface area contributed by atoms with Gasteiger partial charge in [-0.2, -0.15) is 0 Å². The fourth-order valence-electron chi connectivity index (χ4n) is 2.33. The minimum atomic E-state index is -0.161. The molecule has 2 heterocycles. The van der Waals surface area contributed by atoms with Gasteiger partial charge in [0.05, 0.1) is 22.3 Å². The Hall–Kier alpha value is -2.73. The Labute approximate surface area is 143 Å². The van der Waals surface area contributed by atoms with Crippen molar-refractivity contribution in [2.24, 2.45) is 0 Å². The molecular weight excluding hydrogens is 328 g/mol. The van der Waals surface area contributed by atoms with Crippen molar-refractivity contribution in [3.63, 3.8) is 0 Å². The number of hydrogen-bond donors (Lipinski definition) is 1. The van der Waals surface area contributed by atoms with E-state index in [2.05, 4.69) is 15.3 Å². The quantitative estimate of drug-likeness (QED) is 0.773. The van der Waals surface area contributed by atoms with Crippen LogP contribution in [0.3, 0.4) is 0 Å². The number of rotatable bonds is 5. The number of nitrogens with zero attached hydrogens (tertiary/aromatic N) is 3. The van der Waals surface area contributed by atoms with Gasteiger partial charge in [0.2, 0.25) is 5.91 Å². The smallest absolute Gasteiger partial charge is 0.261 e. The molecule has 0 atom stereocenters. The highest BCUT2D eigenvalue weighted by atomic mass is 35.5. The Balaban J connectivity index is 1.58. The highest BCUT2D eigenvalue weighted by molar-refractivity contribution is 6.30. The Morgan fingerprint density at radius 1 is 1.17 bits per heavy atom. The third-order valence-corrected chi connectivity index (χ3v) is 3.75. The van der Waals surface area contributed by atoms with Crippen molar-refractivity contribution in [3.8, 4) is 0 Å². The van der Waals surface area contributed by atoms with Crippen molar-refractivity contribution in [1.82, 2.24) is 14.5 Å². The molecule has 0 radical (unpaired) electrons. The summed E-state index contributed by atoms with van der Waals surface area (Å²) in [5.41, 5.74) is 0.575. The Morgan fingerprint density at radius 2 is 2.00 bits per heavy atom. The number of para-hydroxylation sites is 1. The molecule has 0 unspecified atom stereocenters. The molecule has 3 aromatic rings. The topological polar surface area (TPSA) is 76.9 Å². The number of pyridine rings is 1. The molecule has 1 aromatic carbocycles. The van der Waals surface area contributed by atoms with Crippen LogP contribution < -0.4 is 10.9 Å². The van der Waals surface area contributed by atoms with Crippen molar-refractivity contribution in [2.75, 3.05) is 5.32 Å². The van der Waals surface area contributed by atoms with Crippen LogP contribution in [0.15, 0.2) is 53.7 Å². The monoisotopic (exact) mass is 342 g/mol. The highest BCUT2D eigenvalue weighted by Gasteiger charge is 2.06. The molecule has 0 aliphatic rings. The SMILES string of the molecule is O=C(CCCn1cnc2ccccc2c1=O)Nc1ccc(Cl)cn1. The van der Waals surface area contributed by atoms with Crippen molar-refractivity contribution in [1.29, 1.82) is 0 Å². The minimum Gasteiger partial charge on any atom is -0.311 e. The van der Waals surface area contributed by atoms with E-state index in [1.165, 1.54) is 17.1 Å². The van der Waals surface area contributed by atoms with Crippen LogP contribution >= 0.6 is 11.6 Å². The van der Waals surface area contributed by atoms with Gasteiger partial charge in [-0.1, -0.05) is 23.7 Å². The second-order valence-electron chi connectivity index (χ2n) is 5.27. The number of aromatic nitrogens is 3. The third kappa shape index (κ3) is 3.78. The van der Waals surface area contributed by atoms with E-state index >= 15 is 0 Å².